The van der Waals surface area contributed by atoms with Crippen molar-refractivity contribution in [2.45, 2.75) is 32.7 Å². The first-order chi connectivity index (χ1) is 11.6. The standard InChI is InChI=1S/C19H24N4O/c1-14-17(21-16-7-4-3-6-15(16)20-14)12-23-11-9-19(13-23)8-5-10-22(2)18(19)24/h3-4,6-7H,5,8-13H2,1-2H3/t19-/m0/s1. The SMILES string of the molecule is Cc1nc2ccccc2nc1CN1CC[C@@]2(CCCN(C)C2=O)C1. The molecule has 0 radical (unpaired) electrons. The first-order valence-electron chi connectivity index (χ1n) is 8.78. The van der Waals surface area contributed by atoms with Crippen LogP contribution in [-0.4, -0.2) is 52.4 Å². The Hall–Kier alpha value is -2.01. The van der Waals surface area contributed by atoms with Gasteiger partial charge < -0.3 is 4.90 Å². The lowest BCUT2D eigenvalue weighted by Gasteiger charge is -2.37. The molecule has 3 heterocycles. The van der Waals surface area contributed by atoms with Crippen LogP contribution in [0.5, 0.6) is 0 Å². The summed E-state index contributed by atoms with van der Waals surface area (Å²) < 4.78 is 0. The molecule has 0 N–H and O–H groups in total. The van der Waals surface area contributed by atoms with E-state index in [4.69, 9.17) is 4.98 Å². The number of para-hydroxylation sites is 2. The summed E-state index contributed by atoms with van der Waals surface area (Å²) in [5.74, 6) is 0.331. The topological polar surface area (TPSA) is 49.3 Å². The van der Waals surface area contributed by atoms with Crippen LogP contribution in [0.3, 0.4) is 0 Å². The normalized spacial score (nSPS) is 25.1. The Morgan fingerprint density at radius 2 is 1.88 bits per heavy atom. The number of hydrogen-bond donors (Lipinski definition) is 0. The van der Waals surface area contributed by atoms with Gasteiger partial charge in [-0.15, -0.1) is 0 Å². The Labute approximate surface area is 142 Å². The fraction of sp³-hybridized carbons (Fsp3) is 0.526. The van der Waals surface area contributed by atoms with Gasteiger partial charge in [-0.3, -0.25) is 9.69 Å². The van der Waals surface area contributed by atoms with Crippen LogP contribution in [0.25, 0.3) is 11.0 Å². The van der Waals surface area contributed by atoms with Crippen LogP contribution >= 0.6 is 0 Å². The molecule has 2 aromatic rings. The average molecular weight is 324 g/mol. The number of amides is 1. The highest BCUT2D eigenvalue weighted by Crippen LogP contribution is 2.40. The number of hydrogen-bond acceptors (Lipinski definition) is 4. The minimum Gasteiger partial charge on any atom is -0.345 e. The van der Waals surface area contributed by atoms with Gasteiger partial charge in [-0.05, 0) is 44.9 Å². The molecule has 2 aliphatic heterocycles. The van der Waals surface area contributed by atoms with Crippen molar-refractivity contribution in [1.29, 1.82) is 0 Å². The predicted molar refractivity (Wildman–Crippen MR) is 93.5 cm³/mol. The Morgan fingerprint density at radius 1 is 1.12 bits per heavy atom. The van der Waals surface area contributed by atoms with E-state index in [1.165, 1.54) is 0 Å². The van der Waals surface area contributed by atoms with Crippen molar-refractivity contribution in [3.8, 4) is 0 Å². The van der Waals surface area contributed by atoms with Gasteiger partial charge in [-0.25, -0.2) is 9.97 Å². The summed E-state index contributed by atoms with van der Waals surface area (Å²) in [5, 5.41) is 0. The van der Waals surface area contributed by atoms with Crippen molar-refractivity contribution in [2.75, 3.05) is 26.7 Å². The zero-order valence-electron chi connectivity index (χ0n) is 14.5. The number of carbonyl (C=O) groups excluding carboxylic acids is 1. The number of carbonyl (C=O) groups is 1. The molecule has 5 heteroatoms. The van der Waals surface area contributed by atoms with Crippen molar-refractivity contribution in [1.82, 2.24) is 19.8 Å². The number of fused-ring (bicyclic) bond motifs is 1. The van der Waals surface area contributed by atoms with Crippen LogP contribution in [-0.2, 0) is 11.3 Å². The van der Waals surface area contributed by atoms with E-state index in [1.54, 1.807) is 0 Å². The molecule has 0 aliphatic carbocycles. The largest absolute Gasteiger partial charge is 0.345 e. The molecule has 24 heavy (non-hydrogen) atoms. The van der Waals surface area contributed by atoms with Gasteiger partial charge in [0.1, 0.15) is 0 Å². The van der Waals surface area contributed by atoms with Crippen LogP contribution in [0.4, 0.5) is 0 Å². The molecule has 2 aliphatic rings. The molecule has 1 aromatic carbocycles. The highest BCUT2D eigenvalue weighted by atomic mass is 16.2. The van der Waals surface area contributed by atoms with Crippen LogP contribution in [0, 0.1) is 12.3 Å². The second-order valence-electron chi connectivity index (χ2n) is 7.32. The van der Waals surface area contributed by atoms with Crippen LogP contribution in [0.1, 0.15) is 30.7 Å². The summed E-state index contributed by atoms with van der Waals surface area (Å²) in [6.07, 6.45) is 3.11. The number of nitrogens with zero attached hydrogens (tertiary/aromatic N) is 4. The maximum atomic E-state index is 12.7. The van der Waals surface area contributed by atoms with Crippen LogP contribution in [0.2, 0.25) is 0 Å². The third-order valence-corrected chi connectivity index (χ3v) is 5.60. The Morgan fingerprint density at radius 3 is 2.67 bits per heavy atom. The van der Waals surface area contributed by atoms with Crippen molar-refractivity contribution < 1.29 is 4.79 Å². The quantitative estimate of drug-likeness (QED) is 0.851. The van der Waals surface area contributed by atoms with Gasteiger partial charge in [0, 0.05) is 26.7 Å². The van der Waals surface area contributed by atoms with Gasteiger partial charge >= 0.3 is 0 Å². The number of aromatic nitrogens is 2. The molecule has 1 amide bonds. The van der Waals surface area contributed by atoms with E-state index in [1.807, 2.05) is 43.1 Å². The van der Waals surface area contributed by atoms with E-state index in [0.717, 1.165) is 67.9 Å². The summed E-state index contributed by atoms with van der Waals surface area (Å²) >= 11 is 0. The van der Waals surface area contributed by atoms with Gasteiger partial charge in [-0.1, -0.05) is 12.1 Å². The van der Waals surface area contributed by atoms with Crippen molar-refractivity contribution in [3.05, 3.63) is 35.7 Å². The smallest absolute Gasteiger partial charge is 0.229 e. The van der Waals surface area contributed by atoms with E-state index >= 15 is 0 Å². The molecule has 2 fully saturated rings. The van der Waals surface area contributed by atoms with Gasteiger partial charge in [0.2, 0.25) is 5.91 Å². The first kappa shape index (κ1) is 15.5. The number of aryl methyl sites for hydroxylation is 1. The van der Waals surface area contributed by atoms with Gasteiger partial charge in [0.25, 0.3) is 0 Å². The van der Waals surface area contributed by atoms with Crippen molar-refractivity contribution in [3.63, 3.8) is 0 Å². The maximum Gasteiger partial charge on any atom is 0.229 e. The molecule has 4 rings (SSSR count). The minimum atomic E-state index is -0.162. The summed E-state index contributed by atoms with van der Waals surface area (Å²) in [6.45, 7) is 5.52. The zero-order chi connectivity index (χ0) is 16.7. The molecule has 0 unspecified atom stereocenters. The summed E-state index contributed by atoms with van der Waals surface area (Å²) in [5.41, 5.74) is 3.75. The molecule has 126 valence electrons. The monoisotopic (exact) mass is 324 g/mol. The zero-order valence-corrected chi connectivity index (χ0v) is 14.5. The third-order valence-electron chi connectivity index (χ3n) is 5.60. The number of piperidine rings is 1. The number of benzene rings is 1. The first-order valence-corrected chi connectivity index (χ1v) is 8.78. The second kappa shape index (κ2) is 5.81. The molecule has 1 aromatic heterocycles. The number of rotatable bonds is 2. The van der Waals surface area contributed by atoms with E-state index in [2.05, 4.69) is 9.88 Å². The lowest BCUT2D eigenvalue weighted by Crippen LogP contribution is -2.48. The van der Waals surface area contributed by atoms with E-state index < -0.39 is 0 Å². The van der Waals surface area contributed by atoms with Gasteiger partial charge in [0.05, 0.1) is 27.8 Å². The highest BCUT2D eigenvalue weighted by molar-refractivity contribution is 5.84. The second-order valence-corrected chi connectivity index (χ2v) is 7.32. The lowest BCUT2D eigenvalue weighted by molar-refractivity contribution is -0.143. The molecule has 1 spiro atoms. The summed E-state index contributed by atoms with van der Waals surface area (Å²) in [7, 11) is 1.94. The van der Waals surface area contributed by atoms with Crippen molar-refractivity contribution >= 4 is 16.9 Å². The molecular weight excluding hydrogens is 300 g/mol. The molecule has 5 nitrogen and oxygen atoms in total. The van der Waals surface area contributed by atoms with E-state index in [0.29, 0.717) is 5.91 Å². The Bertz CT molecular complexity index is 790. The summed E-state index contributed by atoms with van der Waals surface area (Å²) in [4.78, 5) is 26.4. The fourth-order valence-corrected chi connectivity index (χ4v) is 4.23. The number of likely N-dealkylation sites (tertiary alicyclic amines) is 2. The fourth-order valence-electron chi connectivity index (χ4n) is 4.23. The van der Waals surface area contributed by atoms with Gasteiger partial charge in [0.15, 0.2) is 0 Å². The van der Waals surface area contributed by atoms with E-state index in [-0.39, 0.29) is 5.41 Å². The molecule has 1 atom stereocenters. The Balaban J connectivity index is 1.54. The van der Waals surface area contributed by atoms with Crippen LogP contribution in [0.15, 0.2) is 24.3 Å². The molecule has 0 bridgehead atoms. The highest BCUT2D eigenvalue weighted by Gasteiger charge is 2.47. The Kier molecular flexibility index (Phi) is 3.76. The third kappa shape index (κ3) is 2.57. The molecule has 2 saturated heterocycles. The van der Waals surface area contributed by atoms with Gasteiger partial charge in [-0.2, -0.15) is 0 Å². The minimum absolute atomic E-state index is 0.162. The molecular formula is C19H24N4O. The maximum absolute atomic E-state index is 12.7. The van der Waals surface area contributed by atoms with E-state index in [9.17, 15) is 4.79 Å². The van der Waals surface area contributed by atoms with Crippen molar-refractivity contribution in [2.24, 2.45) is 5.41 Å². The average Bonchev–Trinajstić information content (AvgIpc) is 2.97. The van der Waals surface area contributed by atoms with Crippen LogP contribution < -0.4 is 0 Å². The molecule has 0 saturated carbocycles. The lowest BCUT2D eigenvalue weighted by atomic mass is 9.78. The summed E-state index contributed by atoms with van der Waals surface area (Å²) in [6, 6.07) is 8.00. The predicted octanol–water partition coefficient (Wildman–Crippen LogP) is 2.38.